The van der Waals surface area contributed by atoms with Crippen molar-refractivity contribution in [1.82, 2.24) is 20.1 Å². The molecule has 0 unspecified atom stereocenters. The Morgan fingerprint density at radius 3 is 2.67 bits per heavy atom. The van der Waals surface area contributed by atoms with Crippen LogP contribution in [-0.2, 0) is 12.3 Å². The van der Waals surface area contributed by atoms with Gasteiger partial charge in [0.15, 0.2) is 16.7 Å². The maximum atomic E-state index is 14.7. The van der Waals surface area contributed by atoms with Gasteiger partial charge >= 0.3 is 0 Å². The molecule has 0 saturated heterocycles. The minimum absolute atomic E-state index is 0.0562. The second-order valence-corrected chi connectivity index (χ2v) is 9.54. The largest absolute Gasteiger partial charge is 0.454 e. The molecule has 184 valence electrons. The molecule has 9 heteroatoms. The summed E-state index contributed by atoms with van der Waals surface area (Å²) in [6, 6.07) is 19.6. The molecule has 36 heavy (non-hydrogen) atoms. The molecule has 1 amide bonds. The van der Waals surface area contributed by atoms with Gasteiger partial charge in [-0.15, -0.1) is 10.2 Å². The lowest BCUT2D eigenvalue weighted by Gasteiger charge is -2.14. The highest BCUT2D eigenvalue weighted by Gasteiger charge is 2.20. The van der Waals surface area contributed by atoms with Crippen LogP contribution in [0.4, 0.5) is 4.39 Å². The van der Waals surface area contributed by atoms with Gasteiger partial charge in [0.05, 0.1) is 5.69 Å². The van der Waals surface area contributed by atoms with Crippen molar-refractivity contribution >= 4 is 17.7 Å². The number of ether oxygens (including phenoxy) is 2. The summed E-state index contributed by atoms with van der Waals surface area (Å²) < 4.78 is 27.2. The first kappa shape index (κ1) is 23.9. The van der Waals surface area contributed by atoms with Crippen LogP contribution in [0, 0.1) is 5.82 Å². The number of amides is 1. The normalized spacial score (nSPS) is 12.2. The maximum absolute atomic E-state index is 14.7. The molecule has 0 bridgehead atoms. The number of para-hydroxylation sites is 1. The average Bonchev–Trinajstić information content (AvgIpc) is 3.53. The Morgan fingerprint density at radius 2 is 1.83 bits per heavy atom. The molecular formula is C27H25FN4O3S. The molecule has 7 nitrogen and oxygen atoms in total. The van der Waals surface area contributed by atoms with Gasteiger partial charge in [-0.3, -0.25) is 9.36 Å². The van der Waals surface area contributed by atoms with Crippen molar-refractivity contribution in [2.24, 2.45) is 0 Å². The van der Waals surface area contributed by atoms with Gasteiger partial charge in [0.2, 0.25) is 6.79 Å². The number of carbonyl (C=O) groups is 1. The number of hydrogen-bond donors (Lipinski definition) is 1. The molecule has 1 N–H and O–H groups in total. The van der Waals surface area contributed by atoms with Crippen molar-refractivity contribution in [2.45, 2.75) is 37.2 Å². The van der Waals surface area contributed by atoms with Crippen LogP contribution in [0.15, 0.2) is 71.9 Å². The predicted molar refractivity (Wildman–Crippen MR) is 135 cm³/mol. The number of fused-ring (bicyclic) bond motifs is 1. The average molecular weight is 505 g/mol. The lowest BCUT2D eigenvalue weighted by atomic mass is 10.1. The van der Waals surface area contributed by atoms with E-state index in [1.165, 1.54) is 17.8 Å². The molecule has 2 heterocycles. The minimum Gasteiger partial charge on any atom is -0.454 e. The molecule has 0 radical (unpaired) electrons. The van der Waals surface area contributed by atoms with Gasteiger partial charge in [-0.2, -0.15) is 0 Å². The van der Waals surface area contributed by atoms with Crippen molar-refractivity contribution in [3.63, 3.8) is 0 Å². The first-order chi connectivity index (χ1) is 17.5. The van der Waals surface area contributed by atoms with Crippen LogP contribution >= 0.6 is 11.8 Å². The maximum Gasteiger partial charge on any atom is 0.251 e. The predicted octanol–water partition coefficient (Wildman–Crippen LogP) is 5.48. The van der Waals surface area contributed by atoms with Crippen LogP contribution < -0.4 is 14.8 Å². The highest BCUT2D eigenvalue weighted by molar-refractivity contribution is 7.98. The molecule has 1 aliphatic heterocycles. The van der Waals surface area contributed by atoms with Crippen LogP contribution in [0.2, 0.25) is 0 Å². The van der Waals surface area contributed by atoms with Crippen molar-refractivity contribution in [3.05, 3.63) is 95.1 Å². The highest BCUT2D eigenvalue weighted by atomic mass is 32.2. The molecule has 0 aliphatic carbocycles. The van der Waals surface area contributed by atoms with E-state index < -0.39 is 0 Å². The van der Waals surface area contributed by atoms with Crippen molar-refractivity contribution in [2.75, 3.05) is 6.79 Å². The summed E-state index contributed by atoms with van der Waals surface area (Å²) in [5, 5.41) is 12.2. The van der Waals surface area contributed by atoms with Gasteiger partial charge in [-0.25, -0.2) is 4.39 Å². The van der Waals surface area contributed by atoms with Crippen molar-refractivity contribution in [3.8, 4) is 17.2 Å². The summed E-state index contributed by atoms with van der Waals surface area (Å²) in [5.41, 5.74) is 2.74. The number of aromatic nitrogens is 3. The molecule has 1 aromatic heterocycles. The number of nitrogens with one attached hydrogen (secondary N) is 1. The quantitative estimate of drug-likeness (QED) is 0.320. The first-order valence-electron chi connectivity index (χ1n) is 11.6. The summed E-state index contributed by atoms with van der Waals surface area (Å²) in [7, 11) is 0. The van der Waals surface area contributed by atoms with Gasteiger partial charge in [-0.1, -0.05) is 62.0 Å². The lowest BCUT2D eigenvalue weighted by molar-refractivity contribution is 0.0950. The van der Waals surface area contributed by atoms with E-state index >= 15 is 0 Å². The smallest absolute Gasteiger partial charge is 0.251 e. The van der Waals surface area contributed by atoms with Crippen LogP contribution in [-0.4, -0.2) is 27.5 Å². The summed E-state index contributed by atoms with van der Waals surface area (Å²) in [6.07, 6.45) is 0. The molecule has 0 atom stereocenters. The summed E-state index contributed by atoms with van der Waals surface area (Å²) >= 11 is 1.41. The Bertz CT molecular complexity index is 1410. The van der Waals surface area contributed by atoms with Gasteiger partial charge in [0, 0.05) is 23.8 Å². The van der Waals surface area contributed by atoms with E-state index in [1.807, 2.05) is 50.2 Å². The topological polar surface area (TPSA) is 78.3 Å². The Labute approximate surface area is 212 Å². The molecule has 0 spiro atoms. The van der Waals surface area contributed by atoms with E-state index in [4.69, 9.17) is 9.47 Å². The van der Waals surface area contributed by atoms with Crippen LogP contribution in [0.3, 0.4) is 0 Å². The zero-order valence-electron chi connectivity index (χ0n) is 19.9. The summed E-state index contributed by atoms with van der Waals surface area (Å²) in [4.78, 5) is 13.1. The first-order valence-corrected chi connectivity index (χ1v) is 12.6. The number of rotatable bonds is 8. The zero-order valence-corrected chi connectivity index (χ0v) is 20.7. The third kappa shape index (κ3) is 4.92. The van der Waals surface area contributed by atoms with Gasteiger partial charge in [0.1, 0.15) is 11.6 Å². The van der Waals surface area contributed by atoms with E-state index in [-0.39, 0.29) is 24.4 Å². The third-order valence-corrected chi connectivity index (χ3v) is 6.75. The molecule has 3 aromatic carbocycles. The van der Waals surface area contributed by atoms with Crippen molar-refractivity contribution in [1.29, 1.82) is 0 Å². The van der Waals surface area contributed by atoms with E-state index in [1.54, 1.807) is 28.8 Å². The summed E-state index contributed by atoms with van der Waals surface area (Å²) in [5.74, 6) is 2.07. The van der Waals surface area contributed by atoms with Crippen molar-refractivity contribution < 1.29 is 18.7 Å². The fraction of sp³-hybridized carbons (Fsp3) is 0.222. The number of hydrogen-bond acceptors (Lipinski definition) is 6. The monoisotopic (exact) mass is 504 g/mol. The number of carbonyl (C=O) groups excluding carboxylic acids is 1. The van der Waals surface area contributed by atoms with E-state index in [0.717, 1.165) is 11.1 Å². The van der Waals surface area contributed by atoms with Gasteiger partial charge in [0.25, 0.3) is 5.91 Å². The van der Waals surface area contributed by atoms with Crippen LogP contribution in [0.1, 0.15) is 47.1 Å². The van der Waals surface area contributed by atoms with E-state index in [0.29, 0.717) is 46.0 Å². The Morgan fingerprint density at radius 1 is 1.06 bits per heavy atom. The molecule has 0 saturated carbocycles. The molecule has 4 aromatic rings. The fourth-order valence-corrected chi connectivity index (χ4v) is 4.90. The Kier molecular flexibility index (Phi) is 6.90. The molecular weight excluding hydrogens is 479 g/mol. The van der Waals surface area contributed by atoms with Gasteiger partial charge in [-0.05, 0) is 41.5 Å². The second-order valence-electron chi connectivity index (χ2n) is 8.60. The number of thioether (sulfide) groups is 1. The number of nitrogens with zero attached hydrogens (tertiary/aromatic N) is 3. The SMILES string of the molecule is CC(C)c1nnc(SCc2ccccc2C(=O)NCc2ccc3c(c2)OCO3)n1-c1ccccc1F. The van der Waals surface area contributed by atoms with E-state index in [2.05, 4.69) is 15.5 Å². The summed E-state index contributed by atoms with van der Waals surface area (Å²) in [6.45, 7) is 4.56. The second kappa shape index (κ2) is 10.4. The highest BCUT2D eigenvalue weighted by Crippen LogP contribution is 2.33. The number of benzene rings is 3. The lowest BCUT2D eigenvalue weighted by Crippen LogP contribution is -2.23. The van der Waals surface area contributed by atoms with Gasteiger partial charge < -0.3 is 14.8 Å². The molecule has 5 rings (SSSR count). The fourth-order valence-electron chi connectivity index (χ4n) is 3.95. The van der Waals surface area contributed by atoms with Crippen LogP contribution in [0.25, 0.3) is 5.69 Å². The molecule has 1 aliphatic rings. The third-order valence-electron chi connectivity index (χ3n) is 5.78. The number of halogens is 1. The van der Waals surface area contributed by atoms with Crippen LogP contribution in [0.5, 0.6) is 11.5 Å². The minimum atomic E-state index is -0.343. The molecule has 0 fully saturated rings. The Hall–Kier alpha value is -3.85. The zero-order chi connectivity index (χ0) is 25.1. The Balaban J connectivity index is 1.33. The standard InChI is InChI=1S/C27H25FN4O3S/c1-17(2)25-30-31-27(32(25)22-10-6-5-9-21(22)28)36-15-19-7-3-4-8-20(19)26(33)29-14-18-11-12-23-24(13-18)35-16-34-23/h3-13,17H,14-16H2,1-2H3,(H,29,33). The van der Waals surface area contributed by atoms with E-state index in [9.17, 15) is 9.18 Å².